The Morgan fingerprint density at radius 1 is 1.23 bits per heavy atom. The van der Waals surface area contributed by atoms with Gasteiger partial charge in [0.2, 0.25) is 17.7 Å². The van der Waals surface area contributed by atoms with Gasteiger partial charge in [0, 0.05) is 4.47 Å². The highest BCUT2D eigenvalue weighted by molar-refractivity contribution is 9.10. The minimum absolute atomic E-state index is 0.0531. The van der Waals surface area contributed by atoms with Gasteiger partial charge < -0.3 is 4.74 Å². The number of aromatic nitrogens is 4. The van der Waals surface area contributed by atoms with E-state index < -0.39 is 17.3 Å². The van der Waals surface area contributed by atoms with Crippen LogP contribution in [0, 0.1) is 17.7 Å². The lowest BCUT2D eigenvalue weighted by molar-refractivity contribution is -0.117. The topological polar surface area (TPSA) is 99.0 Å². The highest BCUT2D eigenvalue weighted by atomic mass is 79.9. The summed E-state index contributed by atoms with van der Waals surface area (Å²) in [7, 11) is 0. The van der Waals surface area contributed by atoms with Crippen molar-refractivity contribution in [1.29, 1.82) is 0 Å². The van der Waals surface area contributed by atoms with Gasteiger partial charge in [-0.2, -0.15) is 0 Å². The number of halogens is 2. The maximum absolute atomic E-state index is 13.0. The third-order valence-electron chi connectivity index (χ3n) is 5.99. The number of carbonyl (C=O) groups excluding carboxylic acids is 1. The molecule has 2 bridgehead atoms. The number of ether oxygens (including phenoxy) is 1. The van der Waals surface area contributed by atoms with Crippen LogP contribution in [0.2, 0.25) is 0 Å². The largest absolute Gasteiger partial charge is 0.473 e. The Hall–Kier alpha value is -2.88. The van der Waals surface area contributed by atoms with Gasteiger partial charge in [-0.05, 0) is 55.7 Å². The van der Waals surface area contributed by atoms with Gasteiger partial charge in [0.25, 0.3) is 5.56 Å². The number of fused-ring (bicyclic) bond motifs is 3. The molecule has 0 spiro atoms. The van der Waals surface area contributed by atoms with Gasteiger partial charge in [0.1, 0.15) is 12.6 Å². The second-order valence-electron chi connectivity index (χ2n) is 8.06. The lowest BCUT2D eigenvalue weighted by Crippen LogP contribution is -2.32. The van der Waals surface area contributed by atoms with Crippen molar-refractivity contribution in [3.05, 3.63) is 51.2 Å². The molecule has 5 rings (SSSR count). The van der Waals surface area contributed by atoms with Crippen LogP contribution in [0.25, 0.3) is 10.8 Å². The molecule has 1 N–H and O–H groups in total. The standard InChI is InChI=1S/C21H19BrFN5O3/c22-13-3-4-15-16(7-13)19(31-17-6-11-1-2-12(17)5-11)27-28(20(15)30)10-18(29)26-21-24-8-14(23)9-25-21/h3-4,7-9,11-12,17H,1-2,5-6,10H2,(H,24,25,26,29)/t11-,12+,17+/m0/s1. The first-order valence-electron chi connectivity index (χ1n) is 10.1. The van der Waals surface area contributed by atoms with Gasteiger partial charge in [-0.15, -0.1) is 5.10 Å². The Morgan fingerprint density at radius 3 is 2.74 bits per heavy atom. The fourth-order valence-corrected chi connectivity index (χ4v) is 4.93. The van der Waals surface area contributed by atoms with E-state index in [1.165, 1.54) is 12.8 Å². The maximum atomic E-state index is 13.0. The number of benzene rings is 1. The van der Waals surface area contributed by atoms with Gasteiger partial charge >= 0.3 is 0 Å². The van der Waals surface area contributed by atoms with Crippen LogP contribution in [-0.2, 0) is 11.3 Å². The highest BCUT2D eigenvalue weighted by Crippen LogP contribution is 2.46. The molecule has 10 heteroatoms. The second-order valence-corrected chi connectivity index (χ2v) is 8.98. The molecule has 1 aromatic carbocycles. The predicted octanol–water partition coefficient (Wildman–Crippen LogP) is 3.29. The summed E-state index contributed by atoms with van der Waals surface area (Å²) in [6.07, 6.45) is 6.52. The summed E-state index contributed by atoms with van der Waals surface area (Å²) >= 11 is 3.44. The van der Waals surface area contributed by atoms with Gasteiger partial charge in [-0.25, -0.2) is 19.0 Å². The summed E-state index contributed by atoms with van der Waals surface area (Å²) in [6, 6.07) is 5.26. The van der Waals surface area contributed by atoms with Crippen LogP contribution in [0.15, 0.2) is 39.9 Å². The van der Waals surface area contributed by atoms with E-state index in [4.69, 9.17) is 4.74 Å². The molecule has 2 aliphatic carbocycles. The summed E-state index contributed by atoms with van der Waals surface area (Å²) in [4.78, 5) is 32.8. The maximum Gasteiger partial charge on any atom is 0.275 e. The first-order chi connectivity index (χ1) is 15.0. The van der Waals surface area contributed by atoms with E-state index in [2.05, 4.69) is 36.3 Å². The minimum Gasteiger partial charge on any atom is -0.473 e. The molecule has 8 nitrogen and oxygen atoms in total. The van der Waals surface area contributed by atoms with Crippen molar-refractivity contribution in [2.45, 2.75) is 38.3 Å². The molecule has 160 valence electrons. The van der Waals surface area contributed by atoms with E-state index in [1.807, 2.05) is 6.07 Å². The van der Waals surface area contributed by atoms with Gasteiger partial charge in [-0.3, -0.25) is 14.9 Å². The quantitative estimate of drug-likeness (QED) is 0.592. The van der Waals surface area contributed by atoms with Crippen molar-refractivity contribution >= 4 is 38.6 Å². The number of carbonyl (C=O) groups is 1. The summed E-state index contributed by atoms with van der Waals surface area (Å²) in [5, 5.41) is 7.85. The van der Waals surface area contributed by atoms with E-state index in [-0.39, 0.29) is 18.6 Å². The predicted molar refractivity (Wildman–Crippen MR) is 114 cm³/mol. The molecular weight excluding hydrogens is 469 g/mol. The minimum atomic E-state index is -0.612. The molecule has 0 aliphatic heterocycles. The number of hydrogen-bond donors (Lipinski definition) is 1. The van der Waals surface area contributed by atoms with Crippen molar-refractivity contribution in [3.8, 4) is 5.88 Å². The zero-order valence-corrected chi connectivity index (χ0v) is 18.0. The van der Waals surface area contributed by atoms with Gasteiger partial charge in [0.15, 0.2) is 5.82 Å². The fourth-order valence-electron chi connectivity index (χ4n) is 4.57. The molecule has 2 saturated carbocycles. The molecule has 3 aromatic rings. The van der Waals surface area contributed by atoms with Crippen LogP contribution in [0.4, 0.5) is 10.3 Å². The Labute approximate surface area is 185 Å². The lowest BCUT2D eigenvalue weighted by Gasteiger charge is -2.23. The zero-order chi connectivity index (χ0) is 21.5. The van der Waals surface area contributed by atoms with E-state index in [1.54, 1.807) is 12.1 Å². The van der Waals surface area contributed by atoms with Crippen LogP contribution >= 0.6 is 15.9 Å². The van der Waals surface area contributed by atoms with Crippen molar-refractivity contribution in [2.75, 3.05) is 5.32 Å². The van der Waals surface area contributed by atoms with Crippen LogP contribution in [-0.4, -0.2) is 31.8 Å². The Bertz CT molecular complexity index is 1220. The van der Waals surface area contributed by atoms with Gasteiger partial charge in [0.05, 0.1) is 23.2 Å². The number of rotatable bonds is 5. The Balaban J connectivity index is 1.45. The number of nitrogens with zero attached hydrogens (tertiary/aromatic N) is 4. The highest BCUT2D eigenvalue weighted by Gasteiger charge is 2.41. The van der Waals surface area contributed by atoms with Crippen LogP contribution in [0.1, 0.15) is 25.7 Å². The molecule has 0 unspecified atom stereocenters. The monoisotopic (exact) mass is 487 g/mol. The summed E-state index contributed by atoms with van der Waals surface area (Å²) < 4.78 is 21.1. The molecular formula is C21H19BrFN5O3. The van der Waals surface area contributed by atoms with Crippen molar-refractivity contribution in [1.82, 2.24) is 19.7 Å². The molecule has 2 heterocycles. The Kier molecular flexibility index (Phi) is 5.17. The third kappa shape index (κ3) is 4.04. The molecule has 3 atom stereocenters. The molecule has 31 heavy (non-hydrogen) atoms. The molecule has 2 fully saturated rings. The van der Waals surface area contributed by atoms with Crippen molar-refractivity contribution in [2.24, 2.45) is 11.8 Å². The number of amides is 1. The number of anilines is 1. The zero-order valence-electron chi connectivity index (χ0n) is 16.4. The fraction of sp³-hybridized carbons (Fsp3) is 0.381. The van der Waals surface area contributed by atoms with E-state index in [0.717, 1.165) is 34.4 Å². The smallest absolute Gasteiger partial charge is 0.275 e. The summed E-state index contributed by atoms with van der Waals surface area (Å²) in [5.74, 6) is 0.332. The first kappa shape index (κ1) is 20.0. The molecule has 2 aromatic heterocycles. The van der Waals surface area contributed by atoms with E-state index >= 15 is 0 Å². The molecule has 0 radical (unpaired) electrons. The average molecular weight is 488 g/mol. The average Bonchev–Trinajstić information content (AvgIpc) is 3.36. The number of nitrogens with one attached hydrogen (secondary N) is 1. The Morgan fingerprint density at radius 2 is 2.03 bits per heavy atom. The first-order valence-corrected chi connectivity index (χ1v) is 10.9. The van der Waals surface area contributed by atoms with Crippen LogP contribution < -0.4 is 15.6 Å². The molecule has 1 amide bonds. The van der Waals surface area contributed by atoms with E-state index in [9.17, 15) is 14.0 Å². The van der Waals surface area contributed by atoms with Crippen LogP contribution in [0.5, 0.6) is 5.88 Å². The van der Waals surface area contributed by atoms with Gasteiger partial charge in [-0.1, -0.05) is 15.9 Å². The lowest BCUT2D eigenvalue weighted by atomic mass is 9.98. The third-order valence-corrected chi connectivity index (χ3v) is 6.48. The SMILES string of the molecule is O=C(Cn1nc(O[C@@H]2C[C@H]3CC[C@@H]2C3)c2cc(Br)ccc2c1=O)Nc1ncc(F)cn1. The van der Waals surface area contributed by atoms with Crippen LogP contribution in [0.3, 0.4) is 0 Å². The van der Waals surface area contributed by atoms with Crippen molar-refractivity contribution in [3.63, 3.8) is 0 Å². The number of hydrogen-bond acceptors (Lipinski definition) is 6. The van der Waals surface area contributed by atoms with Crippen molar-refractivity contribution < 1.29 is 13.9 Å². The van der Waals surface area contributed by atoms with E-state index in [0.29, 0.717) is 28.5 Å². The molecule has 0 saturated heterocycles. The summed E-state index contributed by atoms with van der Waals surface area (Å²) in [5.41, 5.74) is -0.405. The summed E-state index contributed by atoms with van der Waals surface area (Å²) in [6.45, 7) is -0.349. The molecule has 2 aliphatic rings. The normalized spacial score (nSPS) is 22.1. The second kappa shape index (κ2) is 7.99.